The van der Waals surface area contributed by atoms with Crippen molar-refractivity contribution in [2.45, 2.75) is 58.6 Å². The summed E-state index contributed by atoms with van der Waals surface area (Å²) >= 11 is 1.85. The van der Waals surface area contributed by atoms with Gasteiger partial charge in [0, 0.05) is 22.8 Å². The van der Waals surface area contributed by atoms with Crippen LogP contribution in [0.1, 0.15) is 50.8 Å². The summed E-state index contributed by atoms with van der Waals surface area (Å²) in [5, 5.41) is 13.2. The first kappa shape index (κ1) is 14.7. The van der Waals surface area contributed by atoms with Crippen molar-refractivity contribution in [3.05, 3.63) is 21.9 Å². The first-order valence-electron chi connectivity index (χ1n) is 6.27. The lowest BCUT2D eigenvalue weighted by Gasteiger charge is -2.21. The molecule has 0 aromatic carbocycles. The van der Waals surface area contributed by atoms with E-state index in [1.165, 1.54) is 9.75 Å². The highest BCUT2D eigenvalue weighted by Crippen LogP contribution is 2.29. The molecule has 2 nitrogen and oxygen atoms in total. The van der Waals surface area contributed by atoms with Crippen molar-refractivity contribution in [3.63, 3.8) is 0 Å². The number of hydrogen-bond donors (Lipinski definition) is 2. The standard InChI is InChI=1S/C14H25NOS/c1-6-14(5,16)10-15-9-11-7-8-12(17-11)13(2,3)4/h7-8,15-16H,6,9-10H2,1-5H3. The Morgan fingerprint density at radius 2 is 1.88 bits per heavy atom. The third-order valence-electron chi connectivity index (χ3n) is 2.97. The zero-order valence-electron chi connectivity index (χ0n) is 11.6. The van der Waals surface area contributed by atoms with Crippen LogP contribution in [-0.2, 0) is 12.0 Å². The second-order valence-corrected chi connectivity index (χ2v) is 7.14. The molecule has 0 saturated heterocycles. The molecule has 1 rings (SSSR count). The van der Waals surface area contributed by atoms with E-state index in [-0.39, 0.29) is 5.41 Å². The zero-order chi connectivity index (χ0) is 13.1. The smallest absolute Gasteiger partial charge is 0.0741 e. The first-order valence-corrected chi connectivity index (χ1v) is 7.08. The van der Waals surface area contributed by atoms with E-state index in [0.29, 0.717) is 6.54 Å². The highest BCUT2D eigenvalue weighted by atomic mass is 32.1. The van der Waals surface area contributed by atoms with Crippen LogP contribution in [0.2, 0.25) is 0 Å². The van der Waals surface area contributed by atoms with Crippen molar-refractivity contribution in [2.24, 2.45) is 0 Å². The monoisotopic (exact) mass is 255 g/mol. The first-order chi connectivity index (χ1) is 7.74. The lowest BCUT2D eigenvalue weighted by atomic mass is 9.95. The maximum Gasteiger partial charge on any atom is 0.0741 e. The van der Waals surface area contributed by atoms with Gasteiger partial charge in [-0.15, -0.1) is 11.3 Å². The van der Waals surface area contributed by atoms with Gasteiger partial charge in [0.1, 0.15) is 0 Å². The van der Waals surface area contributed by atoms with Crippen LogP contribution in [0.3, 0.4) is 0 Å². The Morgan fingerprint density at radius 3 is 2.35 bits per heavy atom. The van der Waals surface area contributed by atoms with Crippen molar-refractivity contribution in [3.8, 4) is 0 Å². The Morgan fingerprint density at radius 1 is 1.24 bits per heavy atom. The highest BCUT2D eigenvalue weighted by molar-refractivity contribution is 7.12. The number of thiophene rings is 1. The fourth-order valence-electron chi connectivity index (χ4n) is 1.46. The van der Waals surface area contributed by atoms with E-state index in [9.17, 15) is 5.11 Å². The summed E-state index contributed by atoms with van der Waals surface area (Å²) in [6, 6.07) is 4.39. The van der Waals surface area contributed by atoms with Gasteiger partial charge in [-0.1, -0.05) is 27.7 Å². The minimum absolute atomic E-state index is 0.234. The van der Waals surface area contributed by atoms with E-state index < -0.39 is 5.60 Å². The van der Waals surface area contributed by atoms with Crippen LogP contribution in [0.5, 0.6) is 0 Å². The number of rotatable bonds is 5. The van der Waals surface area contributed by atoms with Crippen LogP contribution in [0.4, 0.5) is 0 Å². The van der Waals surface area contributed by atoms with Gasteiger partial charge in [-0.3, -0.25) is 0 Å². The lowest BCUT2D eigenvalue weighted by Crippen LogP contribution is -2.36. The lowest BCUT2D eigenvalue weighted by molar-refractivity contribution is 0.0556. The van der Waals surface area contributed by atoms with Crippen LogP contribution in [-0.4, -0.2) is 17.3 Å². The quantitative estimate of drug-likeness (QED) is 0.846. The minimum Gasteiger partial charge on any atom is -0.389 e. The molecule has 0 radical (unpaired) electrons. The molecule has 2 N–H and O–H groups in total. The number of aliphatic hydroxyl groups is 1. The Kier molecular flexibility index (Phi) is 4.76. The number of hydrogen-bond acceptors (Lipinski definition) is 3. The molecule has 0 aliphatic rings. The van der Waals surface area contributed by atoms with Crippen LogP contribution in [0.25, 0.3) is 0 Å². The van der Waals surface area contributed by atoms with Crippen LogP contribution in [0.15, 0.2) is 12.1 Å². The Labute approximate surface area is 109 Å². The maximum atomic E-state index is 9.88. The van der Waals surface area contributed by atoms with Gasteiger partial charge in [-0.05, 0) is 30.9 Å². The molecule has 0 fully saturated rings. The summed E-state index contributed by atoms with van der Waals surface area (Å²) < 4.78 is 0. The van der Waals surface area contributed by atoms with Crippen molar-refractivity contribution in [2.75, 3.05) is 6.54 Å². The van der Waals surface area contributed by atoms with E-state index in [2.05, 4.69) is 38.2 Å². The van der Waals surface area contributed by atoms with Gasteiger partial charge in [0.05, 0.1) is 5.60 Å². The molecule has 98 valence electrons. The molecule has 0 bridgehead atoms. The molecule has 1 aromatic rings. The predicted octanol–water partition coefficient (Wildman–Crippen LogP) is 3.30. The minimum atomic E-state index is -0.593. The average molecular weight is 255 g/mol. The molecule has 3 heteroatoms. The van der Waals surface area contributed by atoms with Gasteiger partial charge < -0.3 is 10.4 Å². The Balaban J connectivity index is 2.46. The van der Waals surface area contributed by atoms with Crippen molar-refractivity contribution in [1.82, 2.24) is 5.32 Å². The molecule has 17 heavy (non-hydrogen) atoms. The van der Waals surface area contributed by atoms with Crippen molar-refractivity contribution < 1.29 is 5.11 Å². The summed E-state index contributed by atoms with van der Waals surface area (Å²) in [7, 11) is 0. The van der Waals surface area contributed by atoms with Crippen molar-refractivity contribution in [1.29, 1.82) is 0 Å². The van der Waals surface area contributed by atoms with E-state index in [0.717, 1.165) is 13.0 Å². The van der Waals surface area contributed by atoms with Gasteiger partial charge in [0.2, 0.25) is 0 Å². The van der Waals surface area contributed by atoms with Crippen molar-refractivity contribution >= 4 is 11.3 Å². The largest absolute Gasteiger partial charge is 0.389 e. The van der Waals surface area contributed by atoms with Gasteiger partial charge in [-0.2, -0.15) is 0 Å². The predicted molar refractivity (Wildman–Crippen MR) is 75.6 cm³/mol. The van der Waals surface area contributed by atoms with E-state index in [1.807, 2.05) is 25.2 Å². The molecule has 0 spiro atoms. The van der Waals surface area contributed by atoms with Crippen LogP contribution in [0, 0.1) is 0 Å². The molecular formula is C14H25NOS. The molecule has 0 amide bonds. The normalized spacial score (nSPS) is 15.9. The molecule has 1 aromatic heterocycles. The molecule has 1 unspecified atom stereocenters. The third kappa shape index (κ3) is 4.78. The second kappa shape index (κ2) is 5.51. The van der Waals surface area contributed by atoms with Gasteiger partial charge in [0.25, 0.3) is 0 Å². The van der Waals surface area contributed by atoms with Gasteiger partial charge in [0.15, 0.2) is 0 Å². The van der Waals surface area contributed by atoms with Gasteiger partial charge >= 0.3 is 0 Å². The highest BCUT2D eigenvalue weighted by Gasteiger charge is 2.18. The van der Waals surface area contributed by atoms with Crippen LogP contribution >= 0.6 is 11.3 Å². The summed E-state index contributed by atoms with van der Waals surface area (Å²) in [5.74, 6) is 0. The summed E-state index contributed by atoms with van der Waals surface area (Å²) in [6.45, 7) is 12.1. The Hall–Kier alpha value is -0.380. The van der Waals surface area contributed by atoms with E-state index in [1.54, 1.807) is 0 Å². The molecule has 1 heterocycles. The maximum absolute atomic E-state index is 9.88. The fourth-order valence-corrected chi connectivity index (χ4v) is 2.49. The molecule has 1 atom stereocenters. The summed E-state index contributed by atoms with van der Waals surface area (Å²) in [4.78, 5) is 2.75. The fraction of sp³-hybridized carbons (Fsp3) is 0.714. The van der Waals surface area contributed by atoms with Crippen LogP contribution < -0.4 is 5.32 Å². The molecule has 0 aliphatic carbocycles. The topological polar surface area (TPSA) is 32.3 Å². The summed E-state index contributed by atoms with van der Waals surface area (Å²) in [5.41, 5.74) is -0.359. The molecular weight excluding hydrogens is 230 g/mol. The third-order valence-corrected chi connectivity index (χ3v) is 4.48. The zero-order valence-corrected chi connectivity index (χ0v) is 12.4. The average Bonchev–Trinajstić information content (AvgIpc) is 2.66. The Bertz CT molecular complexity index is 349. The van der Waals surface area contributed by atoms with E-state index >= 15 is 0 Å². The van der Waals surface area contributed by atoms with Gasteiger partial charge in [-0.25, -0.2) is 0 Å². The summed E-state index contributed by atoms with van der Waals surface area (Å²) in [6.07, 6.45) is 0.775. The van der Waals surface area contributed by atoms with E-state index in [4.69, 9.17) is 0 Å². The molecule has 0 saturated carbocycles. The number of nitrogens with one attached hydrogen (secondary N) is 1. The second-order valence-electron chi connectivity index (χ2n) is 5.97. The SMILES string of the molecule is CCC(C)(O)CNCc1ccc(C(C)(C)C)s1. The molecule has 0 aliphatic heterocycles.